The number of hydrogen-bond acceptors (Lipinski definition) is 2. The van der Waals surface area contributed by atoms with E-state index in [-0.39, 0.29) is 5.54 Å². The van der Waals surface area contributed by atoms with Crippen LogP contribution in [-0.4, -0.2) is 0 Å². The highest BCUT2D eigenvalue weighted by atomic mass is 15.0. The lowest BCUT2D eigenvalue weighted by Gasteiger charge is -2.34. The van der Waals surface area contributed by atoms with Crippen molar-refractivity contribution < 1.29 is 0 Å². The zero-order valence-electron chi connectivity index (χ0n) is 13.5. The number of aryl methyl sites for hydroxylation is 1. The van der Waals surface area contributed by atoms with Crippen molar-refractivity contribution in [3.05, 3.63) is 59.7 Å². The molecule has 0 fully saturated rings. The van der Waals surface area contributed by atoms with Crippen LogP contribution in [0.15, 0.2) is 48.5 Å². The van der Waals surface area contributed by atoms with Crippen LogP contribution in [0.2, 0.25) is 0 Å². The van der Waals surface area contributed by atoms with Gasteiger partial charge in [0.2, 0.25) is 0 Å². The number of benzene rings is 2. The lowest BCUT2D eigenvalue weighted by molar-refractivity contribution is 0.411. The van der Waals surface area contributed by atoms with Crippen LogP contribution in [0.4, 0.5) is 11.4 Å². The third-order valence-corrected chi connectivity index (χ3v) is 3.84. The predicted molar refractivity (Wildman–Crippen MR) is 92.5 cm³/mol. The van der Waals surface area contributed by atoms with Crippen LogP contribution in [0.25, 0.3) is 0 Å². The maximum absolute atomic E-state index is 5.77. The van der Waals surface area contributed by atoms with Crippen molar-refractivity contribution in [1.29, 1.82) is 0 Å². The van der Waals surface area contributed by atoms with Crippen molar-refractivity contribution >= 4 is 11.4 Å². The Morgan fingerprint density at radius 2 is 1.57 bits per heavy atom. The lowest BCUT2D eigenvalue weighted by atomic mass is 9.83. The van der Waals surface area contributed by atoms with E-state index in [2.05, 4.69) is 57.3 Å². The van der Waals surface area contributed by atoms with Crippen molar-refractivity contribution in [2.45, 2.75) is 39.7 Å². The van der Waals surface area contributed by atoms with Gasteiger partial charge in [-0.25, -0.2) is 0 Å². The molecule has 2 aromatic rings. The van der Waals surface area contributed by atoms with Gasteiger partial charge in [0.1, 0.15) is 0 Å². The van der Waals surface area contributed by atoms with Crippen LogP contribution in [0.1, 0.15) is 38.3 Å². The smallest absolute Gasteiger partial charge is 0.0599 e. The summed E-state index contributed by atoms with van der Waals surface area (Å²) in [5.74, 6) is 0.609. The minimum Gasteiger partial charge on any atom is -0.399 e. The van der Waals surface area contributed by atoms with Crippen molar-refractivity contribution in [2.24, 2.45) is 5.92 Å². The maximum Gasteiger partial charge on any atom is 0.0599 e. The van der Waals surface area contributed by atoms with Crippen LogP contribution in [-0.2, 0) is 5.54 Å². The molecule has 112 valence electrons. The molecule has 2 nitrogen and oxygen atoms in total. The molecule has 2 aromatic carbocycles. The van der Waals surface area contributed by atoms with Gasteiger partial charge < -0.3 is 11.1 Å². The van der Waals surface area contributed by atoms with E-state index in [1.807, 2.05) is 24.3 Å². The van der Waals surface area contributed by atoms with Gasteiger partial charge in [0.15, 0.2) is 0 Å². The topological polar surface area (TPSA) is 38.0 Å². The van der Waals surface area contributed by atoms with Crippen LogP contribution in [0.5, 0.6) is 0 Å². The van der Waals surface area contributed by atoms with E-state index >= 15 is 0 Å². The highest BCUT2D eigenvalue weighted by Crippen LogP contribution is 2.32. The summed E-state index contributed by atoms with van der Waals surface area (Å²) < 4.78 is 0. The van der Waals surface area contributed by atoms with Gasteiger partial charge in [-0.05, 0) is 56.0 Å². The third kappa shape index (κ3) is 4.01. The molecule has 1 unspecified atom stereocenters. The number of hydrogen-bond donors (Lipinski definition) is 2. The zero-order chi connectivity index (χ0) is 15.5. The standard InChI is InChI=1S/C19H26N2/c1-14(2)13-19(4,16-7-5-15(3)6-8-16)21-18-11-9-17(20)10-12-18/h5-12,14,21H,13,20H2,1-4H3. The summed E-state index contributed by atoms with van der Waals surface area (Å²) in [6.45, 7) is 8.92. The van der Waals surface area contributed by atoms with E-state index in [4.69, 9.17) is 5.73 Å². The molecule has 0 aromatic heterocycles. The molecule has 1 atom stereocenters. The van der Waals surface area contributed by atoms with Crippen molar-refractivity contribution in [3.8, 4) is 0 Å². The largest absolute Gasteiger partial charge is 0.399 e. The van der Waals surface area contributed by atoms with E-state index in [1.165, 1.54) is 11.1 Å². The second-order valence-corrected chi connectivity index (χ2v) is 6.54. The number of anilines is 2. The Labute approximate surface area is 128 Å². The number of nitrogen functional groups attached to an aromatic ring is 1. The fraction of sp³-hybridized carbons (Fsp3) is 0.368. The summed E-state index contributed by atoms with van der Waals surface area (Å²) in [6.07, 6.45) is 1.07. The Bertz CT molecular complexity index is 570. The van der Waals surface area contributed by atoms with Gasteiger partial charge in [-0.3, -0.25) is 0 Å². The summed E-state index contributed by atoms with van der Waals surface area (Å²) in [5.41, 5.74) is 10.2. The van der Waals surface area contributed by atoms with E-state index in [0.29, 0.717) is 5.92 Å². The van der Waals surface area contributed by atoms with Gasteiger partial charge in [0.25, 0.3) is 0 Å². The summed E-state index contributed by atoms with van der Waals surface area (Å²) in [4.78, 5) is 0. The molecular formula is C19H26N2. The Morgan fingerprint density at radius 3 is 2.10 bits per heavy atom. The molecular weight excluding hydrogens is 256 g/mol. The first-order valence-corrected chi connectivity index (χ1v) is 7.60. The molecule has 0 saturated heterocycles. The van der Waals surface area contributed by atoms with Crippen molar-refractivity contribution in [1.82, 2.24) is 0 Å². The molecule has 2 rings (SSSR count). The average Bonchev–Trinajstić information content (AvgIpc) is 2.41. The first-order chi connectivity index (χ1) is 9.89. The summed E-state index contributed by atoms with van der Waals surface area (Å²) in [5, 5.41) is 3.69. The average molecular weight is 282 g/mol. The fourth-order valence-corrected chi connectivity index (χ4v) is 2.86. The molecule has 0 spiro atoms. The van der Waals surface area contributed by atoms with Gasteiger partial charge in [0, 0.05) is 11.4 Å². The first kappa shape index (κ1) is 15.4. The fourth-order valence-electron chi connectivity index (χ4n) is 2.86. The minimum atomic E-state index is -0.0853. The van der Waals surface area contributed by atoms with Crippen molar-refractivity contribution in [3.63, 3.8) is 0 Å². The second kappa shape index (κ2) is 6.21. The van der Waals surface area contributed by atoms with Crippen LogP contribution >= 0.6 is 0 Å². The maximum atomic E-state index is 5.77. The number of rotatable bonds is 5. The van der Waals surface area contributed by atoms with Gasteiger partial charge in [0.05, 0.1) is 5.54 Å². The Hall–Kier alpha value is -1.96. The Kier molecular flexibility index (Phi) is 4.56. The minimum absolute atomic E-state index is 0.0853. The summed E-state index contributed by atoms with van der Waals surface area (Å²) in [7, 11) is 0. The monoisotopic (exact) mass is 282 g/mol. The SMILES string of the molecule is Cc1ccc(C(C)(CC(C)C)Nc2ccc(N)cc2)cc1. The highest BCUT2D eigenvalue weighted by molar-refractivity contribution is 5.53. The van der Waals surface area contributed by atoms with E-state index in [9.17, 15) is 0 Å². The summed E-state index contributed by atoms with van der Waals surface area (Å²) in [6, 6.07) is 16.8. The number of nitrogens with two attached hydrogens (primary N) is 1. The summed E-state index contributed by atoms with van der Waals surface area (Å²) >= 11 is 0. The normalized spacial score (nSPS) is 14.0. The predicted octanol–water partition coefficient (Wildman–Crippen LogP) is 4.95. The van der Waals surface area contributed by atoms with E-state index in [0.717, 1.165) is 17.8 Å². The van der Waals surface area contributed by atoms with Gasteiger partial charge >= 0.3 is 0 Å². The molecule has 0 aliphatic rings. The quantitative estimate of drug-likeness (QED) is 0.761. The molecule has 21 heavy (non-hydrogen) atoms. The number of nitrogens with one attached hydrogen (secondary N) is 1. The van der Waals surface area contributed by atoms with E-state index < -0.39 is 0 Å². The molecule has 0 amide bonds. The molecule has 3 N–H and O–H groups in total. The van der Waals surface area contributed by atoms with Crippen molar-refractivity contribution in [2.75, 3.05) is 11.1 Å². The molecule has 0 radical (unpaired) electrons. The Balaban J connectivity index is 2.32. The molecule has 0 aliphatic heterocycles. The second-order valence-electron chi connectivity index (χ2n) is 6.54. The molecule has 0 heterocycles. The van der Waals surface area contributed by atoms with Crippen LogP contribution < -0.4 is 11.1 Å². The molecule has 0 bridgehead atoms. The Morgan fingerprint density at radius 1 is 1.00 bits per heavy atom. The highest BCUT2D eigenvalue weighted by Gasteiger charge is 2.27. The first-order valence-electron chi connectivity index (χ1n) is 7.60. The van der Waals surface area contributed by atoms with Gasteiger partial charge in [-0.15, -0.1) is 0 Å². The third-order valence-electron chi connectivity index (χ3n) is 3.84. The molecule has 0 aliphatic carbocycles. The zero-order valence-corrected chi connectivity index (χ0v) is 13.5. The van der Waals surface area contributed by atoms with Crippen LogP contribution in [0.3, 0.4) is 0 Å². The molecule has 0 saturated carbocycles. The van der Waals surface area contributed by atoms with Gasteiger partial charge in [-0.2, -0.15) is 0 Å². The van der Waals surface area contributed by atoms with Gasteiger partial charge in [-0.1, -0.05) is 43.7 Å². The molecule has 2 heteroatoms. The van der Waals surface area contributed by atoms with Crippen LogP contribution in [0, 0.1) is 12.8 Å². The lowest BCUT2D eigenvalue weighted by Crippen LogP contribution is -2.33. The van der Waals surface area contributed by atoms with E-state index in [1.54, 1.807) is 0 Å².